The standard InChI is InChI=1S/C12H22N4O2/c1-5-13-12(14-6-7-17-4)15-8-11-16-9(2)10(3)18-11/h5-8H2,1-4H3,(H2,13,14,15). The van der Waals surface area contributed by atoms with Gasteiger partial charge in [0.15, 0.2) is 5.96 Å². The van der Waals surface area contributed by atoms with Crippen molar-refractivity contribution in [2.24, 2.45) is 4.99 Å². The van der Waals surface area contributed by atoms with Crippen molar-refractivity contribution in [3.8, 4) is 0 Å². The van der Waals surface area contributed by atoms with E-state index in [2.05, 4.69) is 20.6 Å². The lowest BCUT2D eigenvalue weighted by Gasteiger charge is -2.09. The first-order valence-corrected chi connectivity index (χ1v) is 6.11. The van der Waals surface area contributed by atoms with Crippen LogP contribution in [-0.4, -0.2) is 37.7 Å². The number of methoxy groups -OCH3 is 1. The van der Waals surface area contributed by atoms with Crippen LogP contribution in [0.5, 0.6) is 0 Å². The van der Waals surface area contributed by atoms with Gasteiger partial charge in [0.1, 0.15) is 12.3 Å². The van der Waals surface area contributed by atoms with Crippen molar-refractivity contribution in [3.63, 3.8) is 0 Å². The topological polar surface area (TPSA) is 71.7 Å². The van der Waals surface area contributed by atoms with Gasteiger partial charge in [0.05, 0.1) is 12.3 Å². The summed E-state index contributed by atoms with van der Waals surface area (Å²) in [4.78, 5) is 8.68. The Morgan fingerprint density at radius 2 is 2.17 bits per heavy atom. The largest absolute Gasteiger partial charge is 0.444 e. The highest BCUT2D eigenvalue weighted by molar-refractivity contribution is 5.79. The Kier molecular flexibility index (Phi) is 6.21. The molecule has 0 fully saturated rings. The molecule has 2 N–H and O–H groups in total. The Labute approximate surface area is 108 Å². The van der Waals surface area contributed by atoms with Gasteiger partial charge in [0.25, 0.3) is 0 Å². The van der Waals surface area contributed by atoms with Gasteiger partial charge in [0.2, 0.25) is 5.89 Å². The van der Waals surface area contributed by atoms with Crippen molar-refractivity contribution in [2.45, 2.75) is 27.3 Å². The average Bonchev–Trinajstić information content (AvgIpc) is 2.66. The van der Waals surface area contributed by atoms with Crippen LogP contribution in [0.4, 0.5) is 0 Å². The second-order valence-electron chi connectivity index (χ2n) is 3.86. The second-order valence-corrected chi connectivity index (χ2v) is 3.86. The molecule has 0 radical (unpaired) electrons. The van der Waals surface area contributed by atoms with Crippen molar-refractivity contribution < 1.29 is 9.15 Å². The van der Waals surface area contributed by atoms with Crippen molar-refractivity contribution in [3.05, 3.63) is 17.3 Å². The number of nitrogens with zero attached hydrogens (tertiary/aromatic N) is 2. The van der Waals surface area contributed by atoms with E-state index >= 15 is 0 Å². The monoisotopic (exact) mass is 254 g/mol. The molecule has 6 heteroatoms. The molecular formula is C12H22N4O2. The lowest BCUT2D eigenvalue weighted by Crippen LogP contribution is -2.38. The molecule has 1 heterocycles. The molecule has 0 aliphatic rings. The molecule has 1 aromatic rings. The first-order chi connectivity index (χ1) is 8.67. The van der Waals surface area contributed by atoms with Gasteiger partial charge >= 0.3 is 0 Å². The molecule has 0 aliphatic carbocycles. The molecule has 0 spiro atoms. The number of aromatic nitrogens is 1. The van der Waals surface area contributed by atoms with Crippen LogP contribution in [0.2, 0.25) is 0 Å². The Morgan fingerprint density at radius 1 is 1.39 bits per heavy atom. The Morgan fingerprint density at radius 3 is 2.72 bits per heavy atom. The number of hydrogen-bond acceptors (Lipinski definition) is 4. The summed E-state index contributed by atoms with van der Waals surface area (Å²) in [6.07, 6.45) is 0. The van der Waals surface area contributed by atoms with E-state index < -0.39 is 0 Å². The minimum atomic E-state index is 0.428. The molecule has 0 amide bonds. The van der Waals surface area contributed by atoms with Crippen molar-refractivity contribution in [2.75, 3.05) is 26.8 Å². The molecule has 0 aliphatic heterocycles. The minimum Gasteiger partial charge on any atom is -0.444 e. The first-order valence-electron chi connectivity index (χ1n) is 6.11. The van der Waals surface area contributed by atoms with E-state index in [1.807, 2.05) is 20.8 Å². The Hall–Kier alpha value is -1.56. The Balaban J connectivity index is 2.53. The van der Waals surface area contributed by atoms with E-state index in [9.17, 15) is 0 Å². The van der Waals surface area contributed by atoms with E-state index in [1.54, 1.807) is 7.11 Å². The van der Waals surface area contributed by atoms with Gasteiger partial charge in [-0.2, -0.15) is 0 Å². The van der Waals surface area contributed by atoms with Gasteiger partial charge in [-0.15, -0.1) is 0 Å². The van der Waals surface area contributed by atoms with Crippen molar-refractivity contribution in [1.29, 1.82) is 0 Å². The Bertz CT molecular complexity index is 368. The molecule has 18 heavy (non-hydrogen) atoms. The molecule has 0 saturated carbocycles. The van der Waals surface area contributed by atoms with Crippen LogP contribution < -0.4 is 10.6 Å². The van der Waals surface area contributed by atoms with Crippen LogP contribution in [0.15, 0.2) is 9.41 Å². The number of rotatable bonds is 6. The average molecular weight is 254 g/mol. The van der Waals surface area contributed by atoms with Gasteiger partial charge in [-0.25, -0.2) is 9.98 Å². The van der Waals surface area contributed by atoms with Crippen LogP contribution in [0.1, 0.15) is 24.3 Å². The third-order valence-electron chi connectivity index (χ3n) is 2.39. The number of ether oxygens (including phenoxy) is 1. The van der Waals surface area contributed by atoms with Crippen LogP contribution in [0.3, 0.4) is 0 Å². The molecule has 1 aromatic heterocycles. The van der Waals surface area contributed by atoms with E-state index in [0.717, 1.165) is 24.0 Å². The molecule has 6 nitrogen and oxygen atoms in total. The van der Waals surface area contributed by atoms with Gasteiger partial charge in [-0.3, -0.25) is 0 Å². The molecule has 0 atom stereocenters. The number of hydrogen-bond donors (Lipinski definition) is 2. The lowest BCUT2D eigenvalue weighted by molar-refractivity contribution is 0.203. The van der Waals surface area contributed by atoms with Gasteiger partial charge in [-0.1, -0.05) is 0 Å². The van der Waals surface area contributed by atoms with Crippen LogP contribution in [0.25, 0.3) is 0 Å². The zero-order valence-electron chi connectivity index (χ0n) is 11.5. The zero-order chi connectivity index (χ0) is 13.4. The molecule has 0 aromatic carbocycles. The SMILES string of the molecule is CCNC(=NCc1nc(C)c(C)o1)NCCOC. The van der Waals surface area contributed by atoms with Crippen LogP contribution in [-0.2, 0) is 11.3 Å². The fourth-order valence-corrected chi connectivity index (χ4v) is 1.37. The highest BCUT2D eigenvalue weighted by atomic mass is 16.5. The smallest absolute Gasteiger partial charge is 0.216 e. The maximum absolute atomic E-state index is 5.47. The fourth-order valence-electron chi connectivity index (χ4n) is 1.37. The summed E-state index contributed by atoms with van der Waals surface area (Å²) in [6.45, 7) is 8.44. The van der Waals surface area contributed by atoms with E-state index in [1.165, 1.54) is 0 Å². The molecule has 0 bridgehead atoms. The van der Waals surface area contributed by atoms with Gasteiger partial charge in [0, 0.05) is 20.2 Å². The number of aryl methyl sites for hydroxylation is 2. The summed E-state index contributed by atoms with van der Waals surface area (Å²) in [7, 11) is 1.67. The number of nitrogens with one attached hydrogen (secondary N) is 2. The predicted octanol–water partition coefficient (Wildman–Crippen LogP) is 0.993. The highest BCUT2D eigenvalue weighted by Crippen LogP contribution is 2.08. The maximum atomic E-state index is 5.47. The predicted molar refractivity (Wildman–Crippen MR) is 70.7 cm³/mol. The summed E-state index contributed by atoms with van der Waals surface area (Å²) in [5.74, 6) is 2.22. The fraction of sp³-hybridized carbons (Fsp3) is 0.667. The highest BCUT2D eigenvalue weighted by Gasteiger charge is 2.05. The van der Waals surface area contributed by atoms with E-state index in [0.29, 0.717) is 25.6 Å². The van der Waals surface area contributed by atoms with E-state index in [4.69, 9.17) is 9.15 Å². The second kappa shape index (κ2) is 7.71. The maximum Gasteiger partial charge on any atom is 0.216 e. The molecule has 102 valence electrons. The summed E-state index contributed by atoms with van der Waals surface area (Å²) in [5.41, 5.74) is 0.914. The first kappa shape index (κ1) is 14.5. The molecule has 1 rings (SSSR count). The van der Waals surface area contributed by atoms with Crippen molar-refractivity contribution >= 4 is 5.96 Å². The normalized spacial score (nSPS) is 11.7. The number of oxazole rings is 1. The summed E-state index contributed by atoms with van der Waals surface area (Å²) in [5, 5.41) is 6.30. The van der Waals surface area contributed by atoms with E-state index in [-0.39, 0.29) is 0 Å². The minimum absolute atomic E-state index is 0.428. The van der Waals surface area contributed by atoms with Gasteiger partial charge in [-0.05, 0) is 20.8 Å². The molecular weight excluding hydrogens is 232 g/mol. The molecule has 0 unspecified atom stereocenters. The number of guanidine groups is 1. The van der Waals surface area contributed by atoms with Crippen LogP contribution >= 0.6 is 0 Å². The summed E-state index contributed by atoms with van der Waals surface area (Å²) >= 11 is 0. The van der Waals surface area contributed by atoms with Crippen LogP contribution in [0, 0.1) is 13.8 Å². The summed E-state index contributed by atoms with van der Waals surface area (Å²) in [6, 6.07) is 0. The molecule has 0 saturated heterocycles. The van der Waals surface area contributed by atoms with Gasteiger partial charge < -0.3 is 19.8 Å². The third kappa shape index (κ3) is 4.75. The number of aliphatic imine (C=N–C) groups is 1. The van der Waals surface area contributed by atoms with Crippen molar-refractivity contribution in [1.82, 2.24) is 15.6 Å². The lowest BCUT2D eigenvalue weighted by atomic mass is 10.4. The zero-order valence-corrected chi connectivity index (χ0v) is 11.5. The summed E-state index contributed by atoms with van der Waals surface area (Å²) < 4.78 is 10.4. The quantitative estimate of drug-likeness (QED) is 0.450. The third-order valence-corrected chi connectivity index (χ3v) is 2.39.